The van der Waals surface area contributed by atoms with Crippen LogP contribution in [0.1, 0.15) is 6.42 Å². The van der Waals surface area contributed by atoms with Gasteiger partial charge in [0.25, 0.3) is 0 Å². The van der Waals surface area contributed by atoms with E-state index in [-0.39, 0.29) is 12.0 Å². The lowest BCUT2D eigenvalue weighted by Crippen LogP contribution is -2.14. The number of nitrogens with two attached hydrogens (primary N) is 1. The van der Waals surface area contributed by atoms with Gasteiger partial charge in [0.2, 0.25) is 11.9 Å². The molecule has 0 aliphatic rings. The summed E-state index contributed by atoms with van der Waals surface area (Å²) in [5, 5.41) is 0. The highest BCUT2D eigenvalue weighted by Crippen LogP contribution is 2.10. The Balaban J connectivity index is 2.24. The fourth-order valence-corrected chi connectivity index (χ4v) is 1.20. The molecule has 0 spiro atoms. The smallest absolute Gasteiger partial charge is 0.323 e. The summed E-state index contributed by atoms with van der Waals surface area (Å²) in [6.45, 7) is 4.05. The summed E-state index contributed by atoms with van der Waals surface area (Å²) in [5.41, 5.74) is 2.36. The monoisotopic (exact) mass is 247 g/mol. The molecule has 0 bridgehead atoms. The zero-order chi connectivity index (χ0) is 12.8. The number of anilines is 1. The summed E-state index contributed by atoms with van der Waals surface area (Å²) in [5.74, 6) is 5.90. The molecule has 0 atom stereocenters. The van der Waals surface area contributed by atoms with Gasteiger partial charge in [0.1, 0.15) is 6.33 Å². The van der Waals surface area contributed by atoms with Crippen LogP contribution in [-0.2, 0) is 0 Å². The van der Waals surface area contributed by atoms with Crippen molar-refractivity contribution in [2.75, 3.05) is 12.0 Å². The first-order chi connectivity index (χ1) is 8.83. The molecule has 0 fully saturated rings. The minimum absolute atomic E-state index is 0.198. The van der Waals surface area contributed by atoms with Crippen LogP contribution in [0.25, 0.3) is 5.95 Å². The van der Waals surface area contributed by atoms with E-state index in [1.54, 1.807) is 29.4 Å². The SMILES string of the molecule is C=CCCOc1nc(NN)nc(-n2ccnc2)n1. The average Bonchev–Trinajstić information content (AvgIpc) is 2.92. The van der Waals surface area contributed by atoms with Crippen molar-refractivity contribution in [3.8, 4) is 12.0 Å². The van der Waals surface area contributed by atoms with Gasteiger partial charge in [-0.3, -0.25) is 9.99 Å². The zero-order valence-electron chi connectivity index (χ0n) is 9.65. The first-order valence-electron chi connectivity index (χ1n) is 5.28. The fraction of sp³-hybridized carbons (Fsp3) is 0.200. The van der Waals surface area contributed by atoms with Crippen LogP contribution >= 0.6 is 0 Å². The van der Waals surface area contributed by atoms with E-state index >= 15 is 0 Å². The maximum atomic E-state index is 5.36. The number of nitrogens with zero attached hydrogens (tertiary/aromatic N) is 5. The van der Waals surface area contributed by atoms with Crippen molar-refractivity contribution in [2.24, 2.45) is 5.84 Å². The van der Waals surface area contributed by atoms with E-state index in [4.69, 9.17) is 10.6 Å². The molecule has 0 unspecified atom stereocenters. The Bertz CT molecular complexity index is 511. The number of hydrogen-bond acceptors (Lipinski definition) is 7. The molecule has 0 aromatic carbocycles. The van der Waals surface area contributed by atoms with Crippen molar-refractivity contribution in [1.82, 2.24) is 24.5 Å². The van der Waals surface area contributed by atoms with Crippen LogP contribution < -0.4 is 16.0 Å². The number of nitrogen functional groups attached to an aromatic ring is 1. The molecule has 3 N–H and O–H groups in total. The summed E-state index contributed by atoms with van der Waals surface area (Å²) >= 11 is 0. The van der Waals surface area contributed by atoms with Crippen molar-refractivity contribution in [2.45, 2.75) is 6.42 Å². The number of imidazole rings is 1. The molecule has 18 heavy (non-hydrogen) atoms. The Morgan fingerprint density at radius 1 is 1.44 bits per heavy atom. The third kappa shape index (κ3) is 2.80. The zero-order valence-corrected chi connectivity index (χ0v) is 9.65. The second-order valence-electron chi connectivity index (χ2n) is 3.28. The van der Waals surface area contributed by atoms with Gasteiger partial charge >= 0.3 is 6.01 Å². The molecule has 2 aromatic rings. The summed E-state index contributed by atoms with van der Waals surface area (Å²) in [6.07, 6.45) is 7.36. The second-order valence-corrected chi connectivity index (χ2v) is 3.28. The van der Waals surface area contributed by atoms with Gasteiger partial charge in [-0.1, -0.05) is 6.08 Å². The van der Waals surface area contributed by atoms with Crippen LogP contribution in [0.3, 0.4) is 0 Å². The minimum atomic E-state index is 0.198. The molecule has 0 aliphatic carbocycles. The van der Waals surface area contributed by atoms with Gasteiger partial charge in [0.05, 0.1) is 6.61 Å². The summed E-state index contributed by atoms with van der Waals surface area (Å²) in [4.78, 5) is 16.1. The third-order valence-corrected chi connectivity index (χ3v) is 2.02. The Hall–Kier alpha value is -2.48. The van der Waals surface area contributed by atoms with Crippen LogP contribution in [0.2, 0.25) is 0 Å². The van der Waals surface area contributed by atoms with Crippen molar-refractivity contribution in [1.29, 1.82) is 0 Å². The minimum Gasteiger partial charge on any atom is -0.463 e. The molecule has 8 nitrogen and oxygen atoms in total. The van der Waals surface area contributed by atoms with Crippen LogP contribution in [0, 0.1) is 0 Å². The van der Waals surface area contributed by atoms with Gasteiger partial charge in [0.15, 0.2) is 0 Å². The van der Waals surface area contributed by atoms with Crippen LogP contribution in [0.4, 0.5) is 5.95 Å². The van der Waals surface area contributed by atoms with Gasteiger partial charge in [-0.15, -0.1) is 6.58 Å². The average molecular weight is 247 g/mol. The van der Waals surface area contributed by atoms with Crippen molar-refractivity contribution >= 4 is 5.95 Å². The summed E-state index contributed by atoms with van der Waals surface area (Å²) in [7, 11) is 0. The predicted octanol–water partition coefficient (Wildman–Crippen LogP) is 0.298. The normalized spacial score (nSPS) is 10.1. The first kappa shape index (κ1) is 12.0. The Morgan fingerprint density at radius 3 is 3.00 bits per heavy atom. The Morgan fingerprint density at radius 2 is 2.33 bits per heavy atom. The van der Waals surface area contributed by atoms with Gasteiger partial charge in [-0.05, 0) is 6.42 Å². The van der Waals surface area contributed by atoms with Gasteiger partial charge < -0.3 is 4.74 Å². The number of nitrogens with one attached hydrogen (secondary N) is 1. The maximum absolute atomic E-state index is 5.36. The molecule has 0 saturated carbocycles. The maximum Gasteiger partial charge on any atom is 0.323 e. The molecule has 0 radical (unpaired) electrons. The van der Waals surface area contributed by atoms with Crippen molar-refractivity contribution < 1.29 is 4.74 Å². The Kier molecular flexibility index (Phi) is 3.82. The third-order valence-electron chi connectivity index (χ3n) is 2.02. The molecular weight excluding hydrogens is 234 g/mol. The second kappa shape index (κ2) is 5.73. The van der Waals surface area contributed by atoms with E-state index < -0.39 is 0 Å². The van der Waals surface area contributed by atoms with E-state index in [1.165, 1.54) is 0 Å². The highest BCUT2D eigenvalue weighted by atomic mass is 16.5. The summed E-state index contributed by atoms with van der Waals surface area (Å²) < 4.78 is 6.99. The van der Waals surface area contributed by atoms with E-state index in [1.807, 2.05) is 0 Å². The van der Waals surface area contributed by atoms with E-state index in [9.17, 15) is 0 Å². The topological polar surface area (TPSA) is 104 Å². The number of hydrogen-bond donors (Lipinski definition) is 2. The lowest BCUT2D eigenvalue weighted by Gasteiger charge is -2.07. The van der Waals surface area contributed by atoms with Crippen LogP contribution in [0.5, 0.6) is 6.01 Å². The van der Waals surface area contributed by atoms with Gasteiger partial charge in [-0.25, -0.2) is 10.8 Å². The first-order valence-corrected chi connectivity index (χ1v) is 5.28. The molecule has 2 heterocycles. The molecule has 0 saturated heterocycles. The predicted molar refractivity (Wildman–Crippen MR) is 65.1 cm³/mol. The van der Waals surface area contributed by atoms with E-state index in [0.717, 1.165) is 0 Å². The number of rotatable bonds is 6. The highest BCUT2D eigenvalue weighted by Gasteiger charge is 2.07. The molecule has 8 heteroatoms. The Labute approximate surface area is 104 Å². The highest BCUT2D eigenvalue weighted by molar-refractivity contribution is 5.28. The van der Waals surface area contributed by atoms with Crippen LogP contribution in [0.15, 0.2) is 31.4 Å². The molecule has 2 rings (SSSR count). The van der Waals surface area contributed by atoms with Crippen molar-refractivity contribution in [3.05, 3.63) is 31.4 Å². The number of hydrazine groups is 1. The quantitative estimate of drug-likeness (QED) is 0.327. The molecule has 2 aromatic heterocycles. The standard InChI is InChI=1S/C10H13N7O/c1-2-3-6-18-10-14-8(16-11)13-9(15-10)17-5-4-12-7-17/h2,4-5,7H,1,3,6,11H2,(H,13,14,15,16). The largest absolute Gasteiger partial charge is 0.463 e. The lowest BCUT2D eigenvalue weighted by molar-refractivity contribution is 0.298. The van der Waals surface area contributed by atoms with Crippen molar-refractivity contribution in [3.63, 3.8) is 0 Å². The van der Waals surface area contributed by atoms with E-state index in [2.05, 4.69) is 31.9 Å². The molecular formula is C10H13N7O. The fourth-order valence-electron chi connectivity index (χ4n) is 1.20. The van der Waals surface area contributed by atoms with Gasteiger partial charge in [-0.2, -0.15) is 15.0 Å². The van der Waals surface area contributed by atoms with Crippen LogP contribution in [-0.4, -0.2) is 31.1 Å². The lowest BCUT2D eigenvalue weighted by atomic mass is 10.5. The number of aromatic nitrogens is 5. The molecule has 0 aliphatic heterocycles. The molecule has 0 amide bonds. The number of ether oxygens (including phenoxy) is 1. The summed E-state index contributed by atoms with van der Waals surface area (Å²) in [6, 6.07) is 0.198. The van der Waals surface area contributed by atoms with Gasteiger partial charge in [0, 0.05) is 12.4 Å². The van der Waals surface area contributed by atoms with E-state index in [0.29, 0.717) is 19.0 Å². The molecule has 94 valence electrons.